The second kappa shape index (κ2) is 6.90. The topological polar surface area (TPSA) is 81.6 Å². The summed E-state index contributed by atoms with van der Waals surface area (Å²) in [6.07, 6.45) is 1.67. The average molecular weight is 358 g/mol. The third-order valence-electron chi connectivity index (χ3n) is 3.15. The molecule has 0 atom stereocenters. The molecule has 1 aliphatic heterocycles. The molecule has 2 aromatic carbocycles. The summed E-state index contributed by atoms with van der Waals surface area (Å²) in [5.41, 5.74) is 1.48. The van der Waals surface area contributed by atoms with E-state index in [1.54, 1.807) is 42.5 Å². The van der Waals surface area contributed by atoms with E-state index in [4.69, 9.17) is 11.6 Å². The number of hydrogen-bond donors (Lipinski definition) is 1. The van der Waals surface area contributed by atoms with Crippen LogP contribution >= 0.6 is 23.4 Å². The van der Waals surface area contributed by atoms with Gasteiger partial charge >= 0.3 is 0 Å². The van der Waals surface area contributed by atoms with Gasteiger partial charge < -0.3 is 15.2 Å². The first-order valence-corrected chi connectivity index (χ1v) is 8.07. The molecule has 5 nitrogen and oxygen atoms in total. The zero-order valence-corrected chi connectivity index (χ0v) is 13.7. The number of carboxylic acids is 1. The molecule has 0 bridgehead atoms. The first-order valence-electron chi connectivity index (χ1n) is 6.88. The predicted octanol–water partition coefficient (Wildman–Crippen LogP) is 2.60. The first-order chi connectivity index (χ1) is 11.5. The second-order valence-corrected chi connectivity index (χ2v) is 6.33. The normalized spacial score (nSPS) is 17.3. The SMILES string of the molecule is O=C1NC(=Nc2ccc(Cl)cc2)S/C1=C\c1ccc(C(=O)[O-])cc1. The number of benzene rings is 2. The van der Waals surface area contributed by atoms with E-state index in [0.29, 0.717) is 26.3 Å². The molecular formula is C17H10ClN2O3S-. The highest BCUT2D eigenvalue weighted by Gasteiger charge is 2.23. The fourth-order valence-electron chi connectivity index (χ4n) is 1.98. The minimum Gasteiger partial charge on any atom is -0.545 e. The molecule has 0 saturated carbocycles. The van der Waals surface area contributed by atoms with Gasteiger partial charge in [-0.05, 0) is 53.2 Å². The molecule has 24 heavy (non-hydrogen) atoms. The number of amides is 1. The summed E-state index contributed by atoms with van der Waals surface area (Å²) in [7, 11) is 0. The monoisotopic (exact) mass is 357 g/mol. The van der Waals surface area contributed by atoms with E-state index in [1.807, 2.05) is 0 Å². The van der Waals surface area contributed by atoms with Crippen LogP contribution in [0.15, 0.2) is 58.4 Å². The highest BCUT2D eigenvalue weighted by atomic mass is 35.5. The molecule has 0 unspecified atom stereocenters. The third-order valence-corrected chi connectivity index (χ3v) is 4.31. The maximum Gasteiger partial charge on any atom is 0.264 e. The Morgan fingerprint density at radius 2 is 1.79 bits per heavy atom. The van der Waals surface area contributed by atoms with Gasteiger partial charge in [-0.1, -0.05) is 35.9 Å². The second-order valence-electron chi connectivity index (χ2n) is 4.87. The molecule has 7 heteroatoms. The fourth-order valence-corrected chi connectivity index (χ4v) is 2.95. The van der Waals surface area contributed by atoms with Crippen LogP contribution in [0.25, 0.3) is 6.08 Å². The molecule has 2 aromatic rings. The predicted molar refractivity (Wildman–Crippen MR) is 93.0 cm³/mol. The largest absolute Gasteiger partial charge is 0.545 e. The lowest BCUT2D eigenvalue weighted by Crippen LogP contribution is -2.21. The molecule has 0 aliphatic carbocycles. The zero-order chi connectivity index (χ0) is 17.1. The number of rotatable bonds is 3. The van der Waals surface area contributed by atoms with E-state index in [1.165, 1.54) is 23.9 Å². The number of carboxylic acid groups (broad SMARTS) is 1. The van der Waals surface area contributed by atoms with E-state index in [9.17, 15) is 14.7 Å². The Morgan fingerprint density at radius 3 is 2.42 bits per heavy atom. The lowest BCUT2D eigenvalue weighted by molar-refractivity contribution is -0.255. The standard InChI is InChI=1S/C17H11ClN2O3S/c18-12-5-7-13(8-6-12)19-17-20-15(21)14(24-17)9-10-1-3-11(4-2-10)16(22)23/h1-9H,(H,22,23)(H,19,20,21)/p-1/b14-9-. The van der Waals surface area contributed by atoms with Crippen LogP contribution in [0.5, 0.6) is 0 Å². The van der Waals surface area contributed by atoms with E-state index in [0.717, 1.165) is 0 Å². The van der Waals surface area contributed by atoms with Gasteiger partial charge in [0.15, 0.2) is 5.17 Å². The lowest BCUT2D eigenvalue weighted by Gasteiger charge is -2.02. The van der Waals surface area contributed by atoms with Crippen molar-refractivity contribution in [2.45, 2.75) is 0 Å². The van der Waals surface area contributed by atoms with Gasteiger partial charge in [0, 0.05) is 5.02 Å². The van der Waals surface area contributed by atoms with Crippen molar-refractivity contribution in [1.29, 1.82) is 0 Å². The summed E-state index contributed by atoms with van der Waals surface area (Å²) in [4.78, 5) is 27.5. The van der Waals surface area contributed by atoms with Crippen LogP contribution in [0.4, 0.5) is 5.69 Å². The molecule has 1 saturated heterocycles. The van der Waals surface area contributed by atoms with Crippen LogP contribution in [0, 0.1) is 0 Å². The molecule has 3 rings (SSSR count). The third kappa shape index (κ3) is 3.84. The molecule has 120 valence electrons. The lowest BCUT2D eigenvalue weighted by atomic mass is 10.1. The average Bonchev–Trinajstić information content (AvgIpc) is 2.89. The Hall–Kier alpha value is -2.57. The van der Waals surface area contributed by atoms with Crippen LogP contribution in [0.1, 0.15) is 15.9 Å². The van der Waals surface area contributed by atoms with Gasteiger partial charge in [0.25, 0.3) is 5.91 Å². The molecule has 1 N–H and O–H groups in total. The van der Waals surface area contributed by atoms with E-state index >= 15 is 0 Å². The van der Waals surface area contributed by atoms with Crippen molar-refractivity contribution in [1.82, 2.24) is 5.32 Å². The first kappa shape index (κ1) is 16.3. The molecular weight excluding hydrogens is 348 g/mol. The number of aromatic carboxylic acids is 1. The van der Waals surface area contributed by atoms with Gasteiger partial charge in [0.05, 0.1) is 16.6 Å². The van der Waals surface area contributed by atoms with Crippen molar-refractivity contribution in [2.75, 3.05) is 0 Å². The molecule has 1 fully saturated rings. The van der Waals surface area contributed by atoms with Crippen molar-refractivity contribution in [3.63, 3.8) is 0 Å². The molecule has 1 amide bonds. The van der Waals surface area contributed by atoms with Gasteiger partial charge in [-0.3, -0.25) is 4.79 Å². The van der Waals surface area contributed by atoms with Crippen LogP contribution in [-0.2, 0) is 4.79 Å². The van der Waals surface area contributed by atoms with Gasteiger partial charge in [-0.25, -0.2) is 4.99 Å². The Labute approximate surface area is 147 Å². The molecule has 1 aliphatic rings. The molecule has 0 spiro atoms. The number of carbonyl (C=O) groups excluding carboxylic acids is 2. The zero-order valence-electron chi connectivity index (χ0n) is 12.2. The van der Waals surface area contributed by atoms with E-state index < -0.39 is 5.97 Å². The Kier molecular flexibility index (Phi) is 4.69. The van der Waals surface area contributed by atoms with E-state index in [2.05, 4.69) is 10.3 Å². The smallest absolute Gasteiger partial charge is 0.264 e. The van der Waals surface area contributed by atoms with E-state index in [-0.39, 0.29) is 11.5 Å². The molecule has 0 aromatic heterocycles. The number of nitrogens with zero attached hydrogens (tertiary/aromatic N) is 1. The number of nitrogens with one attached hydrogen (secondary N) is 1. The minimum atomic E-state index is -1.24. The number of amidine groups is 1. The van der Waals surface area contributed by atoms with Gasteiger partial charge in [-0.2, -0.15) is 0 Å². The van der Waals surface area contributed by atoms with Crippen LogP contribution < -0.4 is 10.4 Å². The van der Waals surface area contributed by atoms with Crippen molar-refractivity contribution < 1.29 is 14.7 Å². The van der Waals surface area contributed by atoms with Crippen LogP contribution in [0.3, 0.4) is 0 Å². The maximum absolute atomic E-state index is 12.0. The van der Waals surface area contributed by atoms with Crippen molar-refractivity contribution in [2.24, 2.45) is 4.99 Å². The Bertz CT molecular complexity index is 858. The number of hydrogen-bond acceptors (Lipinski definition) is 5. The number of halogens is 1. The quantitative estimate of drug-likeness (QED) is 0.856. The Morgan fingerprint density at radius 1 is 1.12 bits per heavy atom. The van der Waals surface area contributed by atoms with Crippen molar-refractivity contribution in [3.05, 3.63) is 69.6 Å². The summed E-state index contributed by atoms with van der Waals surface area (Å²) in [6, 6.07) is 13.0. The molecule has 0 radical (unpaired) electrons. The summed E-state index contributed by atoms with van der Waals surface area (Å²) in [5, 5.41) is 14.5. The molecule has 1 heterocycles. The van der Waals surface area contributed by atoms with Gasteiger partial charge in [0.2, 0.25) is 0 Å². The fraction of sp³-hybridized carbons (Fsp3) is 0. The summed E-state index contributed by atoms with van der Waals surface area (Å²) >= 11 is 7.03. The summed E-state index contributed by atoms with van der Waals surface area (Å²) in [5.74, 6) is -1.49. The maximum atomic E-state index is 12.0. The number of carbonyl (C=O) groups is 2. The van der Waals surface area contributed by atoms with Gasteiger partial charge in [-0.15, -0.1) is 0 Å². The highest BCUT2D eigenvalue weighted by Crippen LogP contribution is 2.28. The van der Waals surface area contributed by atoms with Crippen molar-refractivity contribution in [3.8, 4) is 0 Å². The van der Waals surface area contributed by atoms with Crippen molar-refractivity contribution >= 4 is 52.2 Å². The highest BCUT2D eigenvalue weighted by molar-refractivity contribution is 8.18. The summed E-state index contributed by atoms with van der Waals surface area (Å²) < 4.78 is 0. The van der Waals surface area contributed by atoms with Gasteiger partial charge in [0.1, 0.15) is 0 Å². The Balaban J connectivity index is 1.79. The van der Waals surface area contributed by atoms with Crippen LogP contribution in [-0.4, -0.2) is 17.0 Å². The van der Waals surface area contributed by atoms with Crippen LogP contribution in [0.2, 0.25) is 5.02 Å². The summed E-state index contributed by atoms with van der Waals surface area (Å²) in [6.45, 7) is 0. The minimum absolute atomic E-state index is 0.0886. The number of aliphatic imine (C=N–C) groups is 1. The number of thioether (sulfide) groups is 1.